The van der Waals surface area contributed by atoms with Gasteiger partial charge in [-0.15, -0.1) is 0 Å². The summed E-state index contributed by atoms with van der Waals surface area (Å²) in [6.45, 7) is 2.46. The first-order chi connectivity index (χ1) is 8.80. The molecular weight excluding hydrogens is 261 g/mol. The van der Waals surface area contributed by atoms with Crippen molar-refractivity contribution >= 4 is 5.91 Å². The van der Waals surface area contributed by atoms with Gasteiger partial charge in [-0.25, -0.2) is 4.98 Å². The number of carbonyl (C=O) groups is 1. The molecule has 0 aliphatic carbocycles. The molecule has 1 aromatic rings. The minimum absolute atomic E-state index is 0.140. The average Bonchev–Trinajstić information content (AvgIpc) is 2.66. The van der Waals surface area contributed by atoms with E-state index in [0.717, 1.165) is 4.57 Å². The molecule has 1 amide bonds. The fraction of sp³-hybridized carbons (Fsp3) is 0.636. The number of rotatable bonds is 3. The van der Waals surface area contributed by atoms with Crippen molar-refractivity contribution < 1.29 is 18.0 Å². The lowest BCUT2D eigenvalue weighted by atomic mass is 10.1. The lowest BCUT2D eigenvalue weighted by Crippen LogP contribution is -2.27. The van der Waals surface area contributed by atoms with Crippen molar-refractivity contribution in [3.8, 4) is 0 Å². The lowest BCUT2D eigenvalue weighted by Gasteiger charge is -2.21. The van der Waals surface area contributed by atoms with E-state index in [1.165, 1.54) is 0 Å². The molecule has 0 bridgehead atoms. The lowest BCUT2D eigenvalue weighted by molar-refractivity contribution is -0.148. The molecule has 0 aromatic carbocycles. The van der Waals surface area contributed by atoms with Crippen LogP contribution in [0.25, 0.3) is 0 Å². The first kappa shape index (κ1) is 13.9. The van der Waals surface area contributed by atoms with E-state index in [2.05, 4.69) is 10.3 Å². The number of halogens is 3. The van der Waals surface area contributed by atoms with E-state index in [9.17, 15) is 18.0 Å². The first-order valence-corrected chi connectivity index (χ1v) is 5.97. The van der Waals surface area contributed by atoms with Crippen molar-refractivity contribution in [1.29, 1.82) is 0 Å². The van der Waals surface area contributed by atoms with E-state index in [0.29, 0.717) is 30.9 Å². The van der Waals surface area contributed by atoms with Crippen LogP contribution in [0.3, 0.4) is 0 Å². The summed E-state index contributed by atoms with van der Waals surface area (Å²) in [6, 6.07) is -0.650. The average molecular weight is 276 g/mol. The largest absolute Gasteiger partial charge is 0.449 e. The molecule has 2 heterocycles. The van der Waals surface area contributed by atoms with Gasteiger partial charge in [0.2, 0.25) is 11.7 Å². The summed E-state index contributed by atoms with van der Waals surface area (Å²) in [4.78, 5) is 14.6. The van der Waals surface area contributed by atoms with Crippen LogP contribution in [0.4, 0.5) is 13.2 Å². The molecule has 5 nitrogen and oxygen atoms in total. The number of primary amides is 1. The summed E-state index contributed by atoms with van der Waals surface area (Å²) in [6.07, 6.45) is -4.22. The van der Waals surface area contributed by atoms with Crippen LogP contribution in [-0.2, 0) is 23.9 Å². The number of fused-ring (bicyclic) bond motifs is 1. The molecule has 1 unspecified atom stereocenters. The Bertz CT molecular complexity index is 495. The van der Waals surface area contributed by atoms with Crippen molar-refractivity contribution in [2.75, 3.05) is 6.54 Å². The predicted molar refractivity (Wildman–Crippen MR) is 61.2 cm³/mol. The van der Waals surface area contributed by atoms with Crippen LogP contribution in [0.15, 0.2) is 0 Å². The number of carbonyl (C=O) groups excluding carboxylic acids is 1. The molecule has 1 aliphatic rings. The molecule has 3 N–H and O–H groups in total. The second-order valence-electron chi connectivity index (χ2n) is 4.64. The van der Waals surface area contributed by atoms with Gasteiger partial charge in [0, 0.05) is 37.7 Å². The zero-order valence-corrected chi connectivity index (χ0v) is 10.4. The molecule has 1 aromatic heterocycles. The maximum atomic E-state index is 13.0. The maximum Gasteiger partial charge on any atom is 0.449 e. The van der Waals surface area contributed by atoms with Crippen LogP contribution < -0.4 is 11.1 Å². The topological polar surface area (TPSA) is 72.9 Å². The smallest absolute Gasteiger partial charge is 0.370 e. The highest BCUT2D eigenvalue weighted by molar-refractivity contribution is 5.74. The third-order valence-corrected chi connectivity index (χ3v) is 3.11. The van der Waals surface area contributed by atoms with Crippen molar-refractivity contribution in [2.45, 2.75) is 38.5 Å². The van der Waals surface area contributed by atoms with E-state index in [4.69, 9.17) is 5.73 Å². The molecule has 19 heavy (non-hydrogen) atoms. The number of hydrogen-bond donors (Lipinski definition) is 2. The summed E-state index contributed by atoms with van der Waals surface area (Å²) < 4.78 is 40.1. The minimum Gasteiger partial charge on any atom is -0.370 e. The summed E-state index contributed by atoms with van der Waals surface area (Å²) in [5.74, 6) is -1.58. The number of amides is 1. The van der Waals surface area contributed by atoms with Crippen molar-refractivity contribution in [3.63, 3.8) is 0 Å². The summed E-state index contributed by atoms with van der Waals surface area (Å²) in [5, 5.41) is 2.98. The van der Waals surface area contributed by atoms with Crippen LogP contribution in [0.1, 0.15) is 36.6 Å². The van der Waals surface area contributed by atoms with Gasteiger partial charge in [-0.3, -0.25) is 4.79 Å². The van der Waals surface area contributed by atoms with E-state index in [1.54, 1.807) is 6.92 Å². The number of aromatic nitrogens is 2. The minimum atomic E-state index is -4.54. The number of nitrogens with two attached hydrogens (primary N) is 1. The van der Waals surface area contributed by atoms with Gasteiger partial charge >= 0.3 is 6.18 Å². The molecule has 2 rings (SSSR count). The molecule has 0 saturated carbocycles. The first-order valence-electron chi connectivity index (χ1n) is 5.97. The van der Waals surface area contributed by atoms with Gasteiger partial charge < -0.3 is 15.6 Å². The number of hydrogen-bond acceptors (Lipinski definition) is 3. The Morgan fingerprint density at radius 2 is 2.26 bits per heavy atom. The molecule has 1 atom stereocenters. The molecule has 0 spiro atoms. The Labute approximate surface area is 108 Å². The van der Waals surface area contributed by atoms with E-state index >= 15 is 0 Å². The third-order valence-electron chi connectivity index (χ3n) is 3.11. The summed E-state index contributed by atoms with van der Waals surface area (Å²) in [7, 11) is 0. The molecule has 0 radical (unpaired) electrons. The van der Waals surface area contributed by atoms with Gasteiger partial charge in [-0.05, 0) is 6.92 Å². The zero-order chi connectivity index (χ0) is 14.2. The third kappa shape index (κ3) is 2.73. The molecule has 106 valence electrons. The van der Waals surface area contributed by atoms with Crippen molar-refractivity contribution in [1.82, 2.24) is 14.9 Å². The second-order valence-corrected chi connectivity index (χ2v) is 4.64. The Morgan fingerprint density at radius 3 is 2.84 bits per heavy atom. The Morgan fingerprint density at radius 1 is 1.58 bits per heavy atom. The Kier molecular flexibility index (Phi) is 3.53. The van der Waals surface area contributed by atoms with Gasteiger partial charge in [0.15, 0.2) is 0 Å². The highest BCUT2D eigenvalue weighted by Crippen LogP contribution is 2.34. The quantitative estimate of drug-likeness (QED) is 0.864. The number of nitrogens with zero attached hydrogens (tertiary/aromatic N) is 2. The second kappa shape index (κ2) is 4.84. The molecular formula is C11H15F3N4O. The fourth-order valence-electron chi connectivity index (χ4n) is 2.39. The van der Waals surface area contributed by atoms with Crippen LogP contribution in [-0.4, -0.2) is 22.0 Å². The Balaban J connectivity index is 2.49. The van der Waals surface area contributed by atoms with Crippen LogP contribution >= 0.6 is 0 Å². The predicted octanol–water partition coefficient (Wildman–Crippen LogP) is 0.984. The van der Waals surface area contributed by atoms with Gasteiger partial charge in [-0.1, -0.05) is 0 Å². The SMILES string of the molecule is CC(CC(N)=O)n1c(C(F)(F)F)nc2c1CCNC2. The highest BCUT2D eigenvalue weighted by atomic mass is 19.4. The fourth-order valence-corrected chi connectivity index (χ4v) is 2.39. The summed E-state index contributed by atoms with van der Waals surface area (Å²) in [5.41, 5.74) is 6.01. The number of imidazole rings is 1. The molecule has 1 aliphatic heterocycles. The van der Waals surface area contributed by atoms with Gasteiger partial charge in [0.05, 0.1) is 5.69 Å². The van der Waals surface area contributed by atoms with Crippen molar-refractivity contribution in [2.24, 2.45) is 5.73 Å². The van der Waals surface area contributed by atoms with Crippen LogP contribution in [0.5, 0.6) is 0 Å². The number of nitrogens with one attached hydrogen (secondary N) is 1. The van der Waals surface area contributed by atoms with Gasteiger partial charge in [0.25, 0.3) is 0 Å². The molecule has 0 fully saturated rings. The van der Waals surface area contributed by atoms with E-state index in [1.807, 2.05) is 0 Å². The molecule has 8 heteroatoms. The standard InChI is InChI=1S/C11H15F3N4O/c1-6(4-9(15)19)18-8-2-3-16-5-7(8)17-10(18)11(12,13)14/h6,16H,2-5H2,1H3,(H2,15,19). The van der Waals surface area contributed by atoms with E-state index in [-0.39, 0.29) is 6.42 Å². The van der Waals surface area contributed by atoms with Crippen LogP contribution in [0, 0.1) is 0 Å². The Hall–Kier alpha value is -1.57. The normalized spacial score (nSPS) is 17.1. The van der Waals surface area contributed by atoms with E-state index < -0.39 is 23.9 Å². The summed E-state index contributed by atoms with van der Waals surface area (Å²) >= 11 is 0. The highest BCUT2D eigenvalue weighted by Gasteiger charge is 2.40. The van der Waals surface area contributed by atoms with Gasteiger partial charge in [-0.2, -0.15) is 13.2 Å². The van der Waals surface area contributed by atoms with Crippen LogP contribution in [0.2, 0.25) is 0 Å². The molecule has 0 saturated heterocycles. The zero-order valence-electron chi connectivity index (χ0n) is 10.4. The van der Waals surface area contributed by atoms with Gasteiger partial charge in [0.1, 0.15) is 0 Å². The maximum absolute atomic E-state index is 13.0. The monoisotopic (exact) mass is 276 g/mol. The number of alkyl halides is 3. The van der Waals surface area contributed by atoms with Crippen molar-refractivity contribution in [3.05, 3.63) is 17.2 Å².